The fourth-order valence-electron chi connectivity index (χ4n) is 3.39. The molecule has 0 aliphatic carbocycles. The molecule has 0 radical (unpaired) electrons. The van der Waals surface area contributed by atoms with Crippen LogP contribution < -0.4 is 14.8 Å². The number of aromatic nitrogens is 3. The van der Waals surface area contributed by atoms with Gasteiger partial charge in [0.1, 0.15) is 6.61 Å². The molecule has 0 aliphatic rings. The molecule has 2 aromatic carbocycles. The summed E-state index contributed by atoms with van der Waals surface area (Å²) in [7, 11) is 1.61. The average Bonchev–Trinajstić information content (AvgIpc) is 3.19. The highest BCUT2D eigenvalue weighted by molar-refractivity contribution is 7.99. The Morgan fingerprint density at radius 3 is 2.76 bits per heavy atom. The summed E-state index contributed by atoms with van der Waals surface area (Å²) in [5.41, 5.74) is 4.14. The highest BCUT2D eigenvalue weighted by atomic mass is 32.2. The van der Waals surface area contributed by atoms with E-state index in [1.54, 1.807) is 13.2 Å². The van der Waals surface area contributed by atoms with Crippen LogP contribution in [0.4, 0.5) is 5.69 Å². The van der Waals surface area contributed by atoms with Gasteiger partial charge >= 0.3 is 0 Å². The lowest BCUT2D eigenvalue weighted by atomic mass is 10.1. The number of rotatable bonds is 11. The molecule has 1 aromatic heterocycles. The van der Waals surface area contributed by atoms with E-state index in [0.29, 0.717) is 29.0 Å². The number of nitrogens with one attached hydrogen (secondary N) is 1. The summed E-state index contributed by atoms with van der Waals surface area (Å²) in [5.74, 6) is 2.08. The summed E-state index contributed by atoms with van der Waals surface area (Å²) in [6, 6.07) is 11.8. The molecule has 1 heterocycles. The van der Waals surface area contributed by atoms with Gasteiger partial charge in [-0.1, -0.05) is 49.0 Å². The molecule has 3 aromatic rings. The molecule has 174 valence electrons. The number of benzene rings is 2. The van der Waals surface area contributed by atoms with E-state index in [0.717, 1.165) is 28.8 Å². The molecule has 0 atom stereocenters. The molecule has 7 nitrogen and oxygen atoms in total. The average molecular weight is 467 g/mol. The number of thioether (sulfide) groups is 1. The molecule has 1 N–H and O–H groups in total. The van der Waals surface area contributed by atoms with Crippen molar-refractivity contribution in [3.05, 3.63) is 71.6 Å². The minimum atomic E-state index is -0.0839. The minimum Gasteiger partial charge on any atom is -0.493 e. The second-order valence-electron chi connectivity index (χ2n) is 7.54. The third-order valence-corrected chi connectivity index (χ3v) is 6.08. The number of hydrogen-bond donors (Lipinski definition) is 1. The van der Waals surface area contributed by atoms with Gasteiger partial charge in [0.25, 0.3) is 0 Å². The SMILES string of the molecule is C=CCn1c(COc2ccc(C)cc2OC)nnc1SCC(=O)Nc1c(C)cccc1CC. The van der Waals surface area contributed by atoms with E-state index in [9.17, 15) is 4.79 Å². The number of aryl methyl sites for hydroxylation is 3. The maximum atomic E-state index is 12.6. The first kappa shape index (κ1) is 24.4. The Labute approximate surface area is 199 Å². The first-order valence-electron chi connectivity index (χ1n) is 10.8. The van der Waals surface area contributed by atoms with Gasteiger partial charge < -0.3 is 14.8 Å². The topological polar surface area (TPSA) is 78.3 Å². The van der Waals surface area contributed by atoms with Crippen molar-refractivity contribution in [3.63, 3.8) is 0 Å². The number of amides is 1. The summed E-state index contributed by atoms with van der Waals surface area (Å²) in [6.07, 6.45) is 2.62. The van der Waals surface area contributed by atoms with Crippen LogP contribution in [0.25, 0.3) is 0 Å². The van der Waals surface area contributed by atoms with Crippen molar-refractivity contribution < 1.29 is 14.3 Å². The molecule has 0 spiro atoms. The van der Waals surface area contributed by atoms with Gasteiger partial charge in [0, 0.05) is 12.2 Å². The van der Waals surface area contributed by atoms with Gasteiger partial charge in [-0.15, -0.1) is 16.8 Å². The maximum Gasteiger partial charge on any atom is 0.234 e. The molecule has 8 heteroatoms. The number of anilines is 1. The van der Waals surface area contributed by atoms with E-state index in [2.05, 4.69) is 29.0 Å². The van der Waals surface area contributed by atoms with E-state index in [1.807, 2.05) is 54.8 Å². The lowest BCUT2D eigenvalue weighted by Gasteiger charge is -2.13. The Hall–Kier alpha value is -3.26. The Balaban J connectivity index is 1.67. The van der Waals surface area contributed by atoms with Crippen LogP contribution in [0.5, 0.6) is 11.5 Å². The molecule has 0 fully saturated rings. The number of carbonyl (C=O) groups excluding carboxylic acids is 1. The molecular weight excluding hydrogens is 436 g/mol. The molecular formula is C25H30N4O3S. The third kappa shape index (κ3) is 6.16. The van der Waals surface area contributed by atoms with Crippen LogP contribution in [0, 0.1) is 13.8 Å². The van der Waals surface area contributed by atoms with Crippen LogP contribution >= 0.6 is 11.8 Å². The van der Waals surface area contributed by atoms with Crippen molar-refractivity contribution in [2.24, 2.45) is 0 Å². The molecule has 0 unspecified atom stereocenters. The highest BCUT2D eigenvalue weighted by Gasteiger charge is 2.16. The van der Waals surface area contributed by atoms with Crippen molar-refractivity contribution in [1.82, 2.24) is 14.8 Å². The second-order valence-corrected chi connectivity index (χ2v) is 8.48. The van der Waals surface area contributed by atoms with Crippen molar-refractivity contribution in [1.29, 1.82) is 0 Å². The lowest BCUT2D eigenvalue weighted by molar-refractivity contribution is -0.113. The predicted molar refractivity (Wildman–Crippen MR) is 132 cm³/mol. The van der Waals surface area contributed by atoms with Gasteiger partial charge in [-0.2, -0.15) is 0 Å². The normalized spacial score (nSPS) is 10.7. The van der Waals surface area contributed by atoms with Gasteiger partial charge in [0.2, 0.25) is 5.91 Å². The Morgan fingerprint density at radius 2 is 2.03 bits per heavy atom. The van der Waals surface area contributed by atoms with Gasteiger partial charge in [-0.05, 0) is 49.1 Å². The summed E-state index contributed by atoms with van der Waals surface area (Å²) in [6.45, 7) is 10.6. The number of carbonyl (C=O) groups is 1. The zero-order valence-corrected chi connectivity index (χ0v) is 20.4. The molecule has 3 rings (SSSR count). The number of allylic oxidation sites excluding steroid dienone is 1. The largest absolute Gasteiger partial charge is 0.493 e. The zero-order chi connectivity index (χ0) is 23.8. The smallest absolute Gasteiger partial charge is 0.234 e. The third-order valence-electron chi connectivity index (χ3n) is 5.12. The standard InChI is InChI=1S/C25H30N4O3S/c1-6-13-29-22(15-32-20-12-11-17(3)14-21(20)31-5)27-28-25(29)33-16-23(30)26-24-18(4)9-8-10-19(24)7-2/h6,8-12,14H,1,7,13,15-16H2,2-5H3,(H,26,30). The monoisotopic (exact) mass is 466 g/mol. The van der Waals surface area contributed by atoms with E-state index in [1.165, 1.54) is 11.8 Å². The molecule has 0 saturated carbocycles. The number of hydrogen-bond acceptors (Lipinski definition) is 6. The van der Waals surface area contributed by atoms with Gasteiger partial charge in [-0.25, -0.2) is 0 Å². The number of para-hydroxylation sites is 1. The molecule has 1 amide bonds. The van der Waals surface area contributed by atoms with Crippen LogP contribution in [0.15, 0.2) is 54.2 Å². The fourth-order valence-corrected chi connectivity index (χ4v) is 4.16. The summed E-state index contributed by atoms with van der Waals surface area (Å²) >= 11 is 1.34. The Kier molecular flexibility index (Phi) is 8.54. The summed E-state index contributed by atoms with van der Waals surface area (Å²) in [4.78, 5) is 12.6. The van der Waals surface area contributed by atoms with E-state index < -0.39 is 0 Å². The van der Waals surface area contributed by atoms with E-state index in [4.69, 9.17) is 9.47 Å². The quantitative estimate of drug-likeness (QED) is 0.318. The lowest BCUT2D eigenvalue weighted by Crippen LogP contribution is -2.17. The molecule has 33 heavy (non-hydrogen) atoms. The van der Waals surface area contributed by atoms with Crippen LogP contribution in [0.3, 0.4) is 0 Å². The maximum absolute atomic E-state index is 12.6. The number of ether oxygens (including phenoxy) is 2. The molecule has 0 aliphatic heterocycles. The first-order chi connectivity index (χ1) is 16.0. The van der Waals surface area contributed by atoms with Gasteiger partial charge in [0.05, 0.1) is 12.9 Å². The van der Waals surface area contributed by atoms with Gasteiger partial charge in [-0.3, -0.25) is 9.36 Å². The van der Waals surface area contributed by atoms with Crippen LogP contribution in [0.1, 0.15) is 29.4 Å². The highest BCUT2D eigenvalue weighted by Crippen LogP contribution is 2.29. The Morgan fingerprint density at radius 1 is 1.21 bits per heavy atom. The van der Waals surface area contributed by atoms with Crippen molar-refractivity contribution >= 4 is 23.4 Å². The zero-order valence-electron chi connectivity index (χ0n) is 19.6. The minimum absolute atomic E-state index is 0.0839. The van der Waals surface area contributed by atoms with E-state index in [-0.39, 0.29) is 18.3 Å². The fraction of sp³-hybridized carbons (Fsp3) is 0.320. The summed E-state index contributed by atoms with van der Waals surface area (Å²) in [5, 5.41) is 12.2. The van der Waals surface area contributed by atoms with E-state index >= 15 is 0 Å². The van der Waals surface area contributed by atoms with Gasteiger partial charge in [0.15, 0.2) is 22.5 Å². The van der Waals surface area contributed by atoms with Crippen molar-refractivity contribution in [3.8, 4) is 11.5 Å². The predicted octanol–water partition coefficient (Wildman–Crippen LogP) is 4.96. The van der Waals surface area contributed by atoms with Crippen LogP contribution in [0.2, 0.25) is 0 Å². The molecule has 0 saturated heterocycles. The van der Waals surface area contributed by atoms with Crippen LogP contribution in [-0.2, 0) is 24.4 Å². The number of nitrogens with zero attached hydrogens (tertiary/aromatic N) is 3. The first-order valence-corrected chi connectivity index (χ1v) is 11.8. The number of methoxy groups -OCH3 is 1. The van der Waals surface area contributed by atoms with Crippen molar-refractivity contribution in [2.45, 2.75) is 45.5 Å². The Bertz CT molecular complexity index is 1130. The summed E-state index contributed by atoms with van der Waals surface area (Å²) < 4.78 is 13.2. The van der Waals surface area contributed by atoms with Crippen molar-refractivity contribution in [2.75, 3.05) is 18.2 Å². The second kappa shape index (κ2) is 11.6. The van der Waals surface area contributed by atoms with Crippen LogP contribution in [-0.4, -0.2) is 33.5 Å². The molecule has 0 bridgehead atoms.